The first-order chi connectivity index (χ1) is 9.01. The van der Waals surface area contributed by atoms with E-state index >= 15 is 0 Å². The van der Waals surface area contributed by atoms with E-state index in [1.165, 1.54) is 0 Å². The van der Waals surface area contributed by atoms with Crippen LogP contribution < -0.4 is 4.74 Å². The summed E-state index contributed by atoms with van der Waals surface area (Å²) in [7, 11) is 0. The molecule has 104 valence electrons. The van der Waals surface area contributed by atoms with Gasteiger partial charge in [-0.15, -0.1) is 0 Å². The highest BCUT2D eigenvalue weighted by atomic mass is 19.4. The van der Waals surface area contributed by atoms with Crippen LogP contribution in [0.1, 0.15) is 18.4 Å². The summed E-state index contributed by atoms with van der Waals surface area (Å²) < 4.78 is 45.6. The quantitative estimate of drug-likeness (QED) is 0.716. The summed E-state index contributed by atoms with van der Waals surface area (Å²) in [5.74, 6) is 0.564. The van der Waals surface area contributed by atoms with Crippen molar-refractivity contribution in [2.75, 3.05) is 19.8 Å². The number of benzene rings is 1. The van der Waals surface area contributed by atoms with Gasteiger partial charge in [-0.1, -0.05) is 6.07 Å². The van der Waals surface area contributed by atoms with E-state index in [-0.39, 0.29) is 13.2 Å². The van der Waals surface area contributed by atoms with Crippen LogP contribution in [0.25, 0.3) is 0 Å². The van der Waals surface area contributed by atoms with E-state index < -0.39 is 12.6 Å². The zero-order chi connectivity index (χ0) is 14.1. The first-order valence-corrected chi connectivity index (χ1v) is 5.79. The Labute approximate surface area is 109 Å². The van der Waals surface area contributed by atoms with Crippen LogP contribution >= 0.6 is 0 Å². The maximum absolute atomic E-state index is 11.8. The predicted molar refractivity (Wildman–Crippen MR) is 62.8 cm³/mol. The molecule has 0 atom stereocenters. The Morgan fingerprint density at radius 1 is 1.16 bits per heavy atom. The molecule has 0 fully saturated rings. The van der Waals surface area contributed by atoms with E-state index in [1.807, 2.05) is 6.07 Å². The molecule has 0 aliphatic heterocycles. The third-order valence-corrected chi connectivity index (χ3v) is 2.19. The van der Waals surface area contributed by atoms with E-state index in [2.05, 4.69) is 0 Å². The van der Waals surface area contributed by atoms with Gasteiger partial charge >= 0.3 is 6.18 Å². The molecule has 0 saturated heterocycles. The Hall–Kier alpha value is -1.74. The van der Waals surface area contributed by atoms with Crippen molar-refractivity contribution in [2.45, 2.75) is 19.0 Å². The molecular weight excluding hydrogens is 259 g/mol. The van der Waals surface area contributed by atoms with E-state index in [0.717, 1.165) is 0 Å². The standard InChI is InChI=1S/C13H14F3NO2/c14-13(15,16)5-8-18-6-2-7-19-12-4-1-3-11(9-12)10-17/h1,3-4,9H,2,5-8H2. The Bertz CT molecular complexity index is 427. The average Bonchev–Trinajstić information content (AvgIpc) is 2.36. The Balaban J connectivity index is 2.09. The minimum Gasteiger partial charge on any atom is -0.493 e. The summed E-state index contributed by atoms with van der Waals surface area (Å²) in [5, 5.41) is 8.68. The fourth-order valence-electron chi connectivity index (χ4n) is 1.30. The molecule has 0 N–H and O–H groups in total. The van der Waals surface area contributed by atoms with Gasteiger partial charge < -0.3 is 9.47 Å². The predicted octanol–water partition coefficient (Wildman–Crippen LogP) is 3.30. The van der Waals surface area contributed by atoms with Crippen molar-refractivity contribution in [3.8, 4) is 11.8 Å². The van der Waals surface area contributed by atoms with Crippen LogP contribution in [-0.2, 0) is 4.74 Å². The lowest BCUT2D eigenvalue weighted by atomic mass is 10.2. The van der Waals surface area contributed by atoms with Gasteiger partial charge in [-0.05, 0) is 18.2 Å². The number of hydrogen-bond acceptors (Lipinski definition) is 3. The van der Waals surface area contributed by atoms with Crippen LogP contribution in [-0.4, -0.2) is 26.0 Å². The van der Waals surface area contributed by atoms with Crippen molar-refractivity contribution < 1.29 is 22.6 Å². The molecule has 0 unspecified atom stereocenters. The lowest BCUT2D eigenvalue weighted by molar-refractivity contribution is -0.145. The van der Waals surface area contributed by atoms with Gasteiger partial charge in [0.15, 0.2) is 0 Å². The second kappa shape index (κ2) is 7.64. The minimum atomic E-state index is -4.17. The zero-order valence-electron chi connectivity index (χ0n) is 10.2. The summed E-state index contributed by atoms with van der Waals surface area (Å²) in [6, 6.07) is 8.67. The largest absolute Gasteiger partial charge is 0.493 e. The van der Waals surface area contributed by atoms with Crippen molar-refractivity contribution in [3.63, 3.8) is 0 Å². The molecule has 0 aliphatic rings. The van der Waals surface area contributed by atoms with Gasteiger partial charge in [-0.3, -0.25) is 0 Å². The number of hydrogen-bond donors (Lipinski definition) is 0. The molecule has 0 radical (unpaired) electrons. The molecule has 0 aromatic heterocycles. The third-order valence-electron chi connectivity index (χ3n) is 2.19. The fourth-order valence-corrected chi connectivity index (χ4v) is 1.30. The molecule has 1 rings (SSSR count). The van der Waals surface area contributed by atoms with Crippen LogP contribution in [0.2, 0.25) is 0 Å². The molecule has 1 aromatic carbocycles. The molecule has 19 heavy (non-hydrogen) atoms. The maximum Gasteiger partial charge on any atom is 0.391 e. The number of ether oxygens (including phenoxy) is 2. The first-order valence-electron chi connectivity index (χ1n) is 5.79. The van der Waals surface area contributed by atoms with E-state index in [0.29, 0.717) is 24.3 Å². The SMILES string of the molecule is N#Cc1cccc(OCCCOCCC(F)(F)F)c1. The highest BCUT2D eigenvalue weighted by molar-refractivity contribution is 5.36. The molecule has 0 spiro atoms. The maximum atomic E-state index is 11.8. The molecule has 0 heterocycles. The number of rotatable bonds is 7. The third kappa shape index (κ3) is 7.32. The summed E-state index contributed by atoms with van der Waals surface area (Å²) in [6.45, 7) is 0.225. The van der Waals surface area contributed by atoms with Gasteiger partial charge in [-0.2, -0.15) is 18.4 Å². The first kappa shape index (κ1) is 15.3. The van der Waals surface area contributed by atoms with Crippen LogP contribution in [0.15, 0.2) is 24.3 Å². The molecule has 0 saturated carbocycles. The minimum absolute atomic E-state index is 0.216. The monoisotopic (exact) mass is 273 g/mol. The van der Waals surface area contributed by atoms with E-state index in [9.17, 15) is 13.2 Å². The van der Waals surface area contributed by atoms with Crippen molar-refractivity contribution in [3.05, 3.63) is 29.8 Å². The molecule has 1 aromatic rings. The number of halogens is 3. The van der Waals surface area contributed by atoms with Crippen molar-refractivity contribution in [1.29, 1.82) is 5.26 Å². The second-order valence-electron chi connectivity index (χ2n) is 3.82. The lowest BCUT2D eigenvalue weighted by Gasteiger charge is -2.08. The summed E-state index contributed by atoms with van der Waals surface area (Å²) >= 11 is 0. The average molecular weight is 273 g/mol. The number of nitrogens with zero attached hydrogens (tertiary/aromatic N) is 1. The van der Waals surface area contributed by atoms with E-state index in [4.69, 9.17) is 14.7 Å². The van der Waals surface area contributed by atoms with Crippen molar-refractivity contribution in [1.82, 2.24) is 0 Å². The normalized spacial score (nSPS) is 11.1. The lowest BCUT2D eigenvalue weighted by Crippen LogP contribution is -2.12. The molecule has 6 heteroatoms. The van der Waals surface area contributed by atoms with Gasteiger partial charge in [0.1, 0.15) is 5.75 Å². The van der Waals surface area contributed by atoms with Crippen LogP contribution in [0.4, 0.5) is 13.2 Å². The fraction of sp³-hybridized carbons (Fsp3) is 0.462. The molecule has 0 amide bonds. The number of alkyl halides is 3. The van der Waals surface area contributed by atoms with Gasteiger partial charge in [0.2, 0.25) is 0 Å². The molecule has 0 bridgehead atoms. The zero-order valence-corrected chi connectivity index (χ0v) is 10.2. The highest BCUT2D eigenvalue weighted by Crippen LogP contribution is 2.19. The second-order valence-corrected chi connectivity index (χ2v) is 3.82. The van der Waals surface area contributed by atoms with Crippen LogP contribution in [0, 0.1) is 11.3 Å². The van der Waals surface area contributed by atoms with Crippen LogP contribution in [0.3, 0.4) is 0 Å². The molecular formula is C13H14F3NO2. The van der Waals surface area contributed by atoms with Crippen molar-refractivity contribution in [2.24, 2.45) is 0 Å². The molecule has 3 nitrogen and oxygen atoms in total. The smallest absolute Gasteiger partial charge is 0.391 e. The van der Waals surface area contributed by atoms with E-state index in [1.54, 1.807) is 24.3 Å². The van der Waals surface area contributed by atoms with Gasteiger partial charge in [0.05, 0.1) is 31.3 Å². The summed E-state index contributed by atoms with van der Waals surface area (Å²) in [6.07, 6.45) is -4.61. The van der Waals surface area contributed by atoms with Gasteiger partial charge in [0, 0.05) is 13.0 Å². The summed E-state index contributed by atoms with van der Waals surface area (Å²) in [5.41, 5.74) is 0.499. The van der Waals surface area contributed by atoms with Crippen LogP contribution in [0.5, 0.6) is 5.75 Å². The van der Waals surface area contributed by atoms with Crippen molar-refractivity contribution >= 4 is 0 Å². The van der Waals surface area contributed by atoms with Gasteiger partial charge in [0.25, 0.3) is 0 Å². The Kier molecular flexibility index (Phi) is 6.16. The summed E-state index contributed by atoms with van der Waals surface area (Å²) in [4.78, 5) is 0. The topological polar surface area (TPSA) is 42.2 Å². The van der Waals surface area contributed by atoms with Gasteiger partial charge in [-0.25, -0.2) is 0 Å². The Morgan fingerprint density at radius 3 is 2.63 bits per heavy atom. The highest BCUT2D eigenvalue weighted by Gasteiger charge is 2.26. The Morgan fingerprint density at radius 2 is 1.95 bits per heavy atom. The molecule has 0 aliphatic carbocycles. The number of nitriles is 1.